The van der Waals surface area contributed by atoms with E-state index in [-0.39, 0.29) is 18.1 Å². The third-order valence-electron chi connectivity index (χ3n) is 3.94. The van der Waals surface area contributed by atoms with Crippen molar-refractivity contribution in [1.82, 2.24) is 0 Å². The van der Waals surface area contributed by atoms with Crippen molar-refractivity contribution in [3.63, 3.8) is 0 Å². The molecule has 0 saturated carbocycles. The average Bonchev–Trinajstić information content (AvgIpc) is 2.65. The second-order valence-electron chi connectivity index (χ2n) is 5.64. The predicted octanol–water partition coefficient (Wildman–Crippen LogP) is 2.37. The molecule has 7 heteroatoms. The van der Waals surface area contributed by atoms with Crippen LogP contribution in [-0.4, -0.2) is 41.1 Å². The first kappa shape index (κ1) is 17.6. The monoisotopic (exact) mass is 358 g/mol. The van der Waals surface area contributed by atoms with E-state index >= 15 is 0 Å². The highest BCUT2D eigenvalue weighted by molar-refractivity contribution is 5.75. The first-order valence-corrected chi connectivity index (χ1v) is 7.88. The molecule has 0 aromatic heterocycles. The van der Waals surface area contributed by atoms with Gasteiger partial charge in [-0.2, -0.15) is 0 Å². The minimum absolute atomic E-state index is 0.0586. The van der Waals surface area contributed by atoms with Crippen molar-refractivity contribution in [3.05, 3.63) is 53.6 Å². The Kier molecular flexibility index (Phi) is 4.99. The molecule has 7 nitrogen and oxygen atoms in total. The Labute approximate surface area is 149 Å². The van der Waals surface area contributed by atoms with E-state index in [1.54, 1.807) is 36.4 Å². The molecule has 136 valence electrons. The molecule has 0 fully saturated rings. The number of carboxylic acids is 1. The summed E-state index contributed by atoms with van der Waals surface area (Å²) in [6.45, 7) is -0.0918. The number of methoxy groups -OCH3 is 1. The number of benzene rings is 2. The molecule has 3 rings (SSSR count). The molecule has 3 N–H and O–H groups in total. The van der Waals surface area contributed by atoms with Crippen LogP contribution in [0.25, 0.3) is 6.08 Å². The number of rotatable bonds is 5. The molecule has 26 heavy (non-hydrogen) atoms. The molecule has 0 amide bonds. The quantitative estimate of drug-likeness (QED) is 0.753. The number of carboxylic acid groups (broad SMARTS) is 1. The summed E-state index contributed by atoms with van der Waals surface area (Å²) in [5.74, 6) is -0.311. The van der Waals surface area contributed by atoms with E-state index in [0.717, 1.165) is 5.56 Å². The Morgan fingerprint density at radius 3 is 2.69 bits per heavy atom. The summed E-state index contributed by atoms with van der Waals surface area (Å²) < 4.78 is 16.6. The van der Waals surface area contributed by atoms with Crippen molar-refractivity contribution in [2.24, 2.45) is 0 Å². The number of carbonyl (C=O) groups is 1. The molecular weight excluding hydrogens is 340 g/mol. The molecule has 2 atom stereocenters. The molecule has 0 radical (unpaired) electrons. The Morgan fingerprint density at radius 1 is 1.19 bits per heavy atom. The number of aliphatic hydroxyl groups is 1. The number of ether oxygens (including phenoxy) is 3. The van der Waals surface area contributed by atoms with Crippen LogP contribution in [0.3, 0.4) is 0 Å². The minimum Gasteiger partial charge on any atom is -0.504 e. The molecule has 0 saturated heterocycles. The molecule has 2 aromatic rings. The smallest absolute Gasteiger partial charge is 0.349 e. The summed E-state index contributed by atoms with van der Waals surface area (Å²) in [4.78, 5) is 11.7. The Hall–Kier alpha value is -3.19. The summed E-state index contributed by atoms with van der Waals surface area (Å²) in [7, 11) is 1.40. The van der Waals surface area contributed by atoms with Gasteiger partial charge in [0.05, 0.1) is 13.7 Å². The van der Waals surface area contributed by atoms with Gasteiger partial charge in [-0.05, 0) is 29.8 Å². The van der Waals surface area contributed by atoms with Crippen molar-refractivity contribution in [1.29, 1.82) is 0 Å². The zero-order valence-electron chi connectivity index (χ0n) is 14.0. The van der Waals surface area contributed by atoms with Crippen molar-refractivity contribution in [2.75, 3.05) is 13.7 Å². The van der Waals surface area contributed by atoms with Crippen LogP contribution in [0.5, 0.6) is 23.0 Å². The molecule has 1 aliphatic heterocycles. The predicted molar refractivity (Wildman–Crippen MR) is 92.6 cm³/mol. The van der Waals surface area contributed by atoms with Gasteiger partial charge < -0.3 is 29.5 Å². The molecule has 1 heterocycles. The standard InChI is InChI=1S/C19H18O7/c1-24-15-10-12(5-6-13(15)21)17-18(19(22)23)25-14-7-4-11(3-2-8-20)9-16(14)26-17/h2-7,9-10,17-18,20-21H,8H2,1H3,(H,22,23)/b3-2-/t17-,18-/m1/s1. The van der Waals surface area contributed by atoms with Crippen molar-refractivity contribution >= 4 is 12.0 Å². The SMILES string of the molecule is COc1cc([C@H]2Oc3cc(/C=C\CO)ccc3O[C@H]2C(=O)O)ccc1O. The number of hydrogen-bond acceptors (Lipinski definition) is 6. The Bertz CT molecular complexity index is 844. The van der Waals surface area contributed by atoms with Gasteiger partial charge in [-0.1, -0.05) is 24.3 Å². The first-order valence-electron chi connectivity index (χ1n) is 7.88. The fraction of sp³-hybridized carbons (Fsp3) is 0.211. The Morgan fingerprint density at radius 2 is 2.00 bits per heavy atom. The second kappa shape index (κ2) is 7.37. The van der Waals surface area contributed by atoms with Gasteiger partial charge in [0.2, 0.25) is 6.10 Å². The van der Waals surface area contributed by atoms with Crippen LogP contribution in [-0.2, 0) is 4.79 Å². The topological polar surface area (TPSA) is 105 Å². The van der Waals surface area contributed by atoms with Crippen LogP contribution in [0.2, 0.25) is 0 Å². The lowest BCUT2D eigenvalue weighted by molar-refractivity contribution is -0.151. The summed E-state index contributed by atoms with van der Waals surface area (Å²) >= 11 is 0. The summed E-state index contributed by atoms with van der Waals surface area (Å²) in [5, 5.41) is 28.2. The maximum Gasteiger partial charge on any atom is 0.349 e. The third kappa shape index (κ3) is 3.43. The molecule has 1 aliphatic rings. The highest BCUT2D eigenvalue weighted by Crippen LogP contribution is 2.41. The van der Waals surface area contributed by atoms with Gasteiger partial charge in [-0.25, -0.2) is 4.79 Å². The molecule has 0 aliphatic carbocycles. The van der Waals surface area contributed by atoms with E-state index in [1.807, 2.05) is 0 Å². The minimum atomic E-state index is -1.25. The molecular formula is C19H18O7. The van der Waals surface area contributed by atoms with E-state index < -0.39 is 18.2 Å². The van der Waals surface area contributed by atoms with E-state index in [2.05, 4.69) is 0 Å². The van der Waals surface area contributed by atoms with Crippen LogP contribution in [0, 0.1) is 0 Å². The highest BCUT2D eigenvalue weighted by Gasteiger charge is 2.38. The van der Waals surface area contributed by atoms with Crippen molar-refractivity contribution in [3.8, 4) is 23.0 Å². The maximum absolute atomic E-state index is 11.7. The van der Waals surface area contributed by atoms with Gasteiger partial charge in [-0.15, -0.1) is 0 Å². The summed E-state index contributed by atoms with van der Waals surface area (Å²) in [6.07, 6.45) is 1.11. The zero-order valence-corrected chi connectivity index (χ0v) is 14.0. The highest BCUT2D eigenvalue weighted by atomic mass is 16.6. The van der Waals surface area contributed by atoms with Crippen molar-refractivity contribution < 1.29 is 34.3 Å². The van der Waals surface area contributed by atoms with Crippen LogP contribution in [0.1, 0.15) is 17.2 Å². The molecule has 0 bridgehead atoms. The van der Waals surface area contributed by atoms with Crippen molar-refractivity contribution in [2.45, 2.75) is 12.2 Å². The van der Waals surface area contributed by atoms with Gasteiger partial charge in [0.1, 0.15) is 0 Å². The normalized spacial score (nSPS) is 18.7. The lowest BCUT2D eigenvalue weighted by atomic mass is 10.0. The van der Waals surface area contributed by atoms with Crippen LogP contribution in [0.15, 0.2) is 42.5 Å². The van der Waals surface area contributed by atoms with E-state index in [1.165, 1.54) is 19.2 Å². The lowest BCUT2D eigenvalue weighted by Crippen LogP contribution is -2.39. The molecule has 0 unspecified atom stereocenters. The van der Waals surface area contributed by atoms with E-state index in [9.17, 15) is 15.0 Å². The zero-order chi connectivity index (χ0) is 18.7. The number of phenols is 1. The number of fused-ring (bicyclic) bond motifs is 1. The van der Waals surface area contributed by atoms with E-state index in [4.69, 9.17) is 19.3 Å². The fourth-order valence-electron chi connectivity index (χ4n) is 2.70. The van der Waals surface area contributed by atoms with Gasteiger partial charge in [0.15, 0.2) is 29.1 Å². The third-order valence-corrected chi connectivity index (χ3v) is 3.94. The Balaban J connectivity index is 1.99. The van der Waals surface area contributed by atoms with Gasteiger partial charge in [-0.3, -0.25) is 0 Å². The average molecular weight is 358 g/mol. The van der Waals surface area contributed by atoms with Gasteiger partial charge in [0, 0.05) is 5.56 Å². The van der Waals surface area contributed by atoms with E-state index in [0.29, 0.717) is 17.1 Å². The second-order valence-corrected chi connectivity index (χ2v) is 5.64. The summed E-state index contributed by atoms with van der Waals surface area (Å²) in [6, 6.07) is 9.53. The lowest BCUT2D eigenvalue weighted by Gasteiger charge is -2.32. The first-order chi connectivity index (χ1) is 12.5. The van der Waals surface area contributed by atoms with Crippen LogP contribution >= 0.6 is 0 Å². The largest absolute Gasteiger partial charge is 0.504 e. The van der Waals surface area contributed by atoms with Crippen LogP contribution in [0.4, 0.5) is 0 Å². The number of aliphatic carboxylic acids is 1. The maximum atomic E-state index is 11.7. The van der Waals surface area contributed by atoms with Gasteiger partial charge in [0.25, 0.3) is 0 Å². The number of phenolic OH excluding ortho intramolecular Hbond substituents is 1. The fourth-order valence-corrected chi connectivity index (χ4v) is 2.70. The molecule has 2 aromatic carbocycles. The van der Waals surface area contributed by atoms with Crippen LogP contribution < -0.4 is 14.2 Å². The van der Waals surface area contributed by atoms with Gasteiger partial charge >= 0.3 is 5.97 Å². The molecule has 0 spiro atoms. The number of aromatic hydroxyl groups is 1. The number of hydrogen-bond donors (Lipinski definition) is 3. The number of aliphatic hydroxyl groups excluding tert-OH is 1. The summed E-state index contributed by atoms with van der Waals surface area (Å²) in [5.41, 5.74) is 1.27.